The van der Waals surface area contributed by atoms with E-state index in [0.29, 0.717) is 0 Å². The van der Waals surface area contributed by atoms with Gasteiger partial charge in [-0.05, 0) is 25.7 Å². The van der Waals surface area contributed by atoms with Gasteiger partial charge in [-0.1, -0.05) is 5.16 Å². The summed E-state index contributed by atoms with van der Waals surface area (Å²) in [5, 5.41) is 12.8. The molecular weight excluding hydrogens is 244 g/mol. The molecule has 1 aromatic heterocycles. The Morgan fingerprint density at radius 3 is 2.76 bits per heavy atom. The molecule has 3 N–H and O–H groups in total. The van der Waals surface area contributed by atoms with Crippen molar-refractivity contribution < 1.29 is 14.7 Å². The van der Waals surface area contributed by atoms with Crippen molar-refractivity contribution >= 4 is 28.3 Å². The lowest BCUT2D eigenvalue weighted by atomic mass is 10.3. The number of nitrogen functional groups attached to an aromatic ring is 1. The summed E-state index contributed by atoms with van der Waals surface area (Å²) in [5.41, 5.74) is 5.09. The number of oxime groups is 1. The number of nitrogens with two attached hydrogens (primary N) is 1. The van der Waals surface area contributed by atoms with Crippen LogP contribution in [0.15, 0.2) is 5.16 Å². The fourth-order valence-corrected chi connectivity index (χ4v) is 2.06. The van der Waals surface area contributed by atoms with Gasteiger partial charge in [0.15, 0.2) is 5.13 Å². The van der Waals surface area contributed by atoms with Gasteiger partial charge in [-0.3, -0.25) is 0 Å². The van der Waals surface area contributed by atoms with Crippen LogP contribution in [0.5, 0.6) is 0 Å². The van der Waals surface area contributed by atoms with Crippen molar-refractivity contribution in [3.8, 4) is 0 Å². The van der Waals surface area contributed by atoms with E-state index in [-0.39, 0.29) is 22.8 Å². The summed E-state index contributed by atoms with van der Waals surface area (Å²) in [7, 11) is 0. The molecule has 1 aliphatic rings. The number of anilines is 1. The Morgan fingerprint density at radius 2 is 2.24 bits per heavy atom. The second-order valence-electron chi connectivity index (χ2n) is 3.71. The highest BCUT2D eigenvalue weighted by Gasteiger charge is 2.21. The van der Waals surface area contributed by atoms with Gasteiger partial charge in [-0.2, -0.15) is 9.36 Å². The van der Waals surface area contributed by atoms with Gasteiger partial charge in [0, 0.05) is 11.5 Å². The van der Waals surface area contributed by atoms with Crippen molar-refractivity contribution in [3.63, 3.8) is 0 Å². The number of rotatable bonds is 4. The van der Waals surface area contributed by atoms with E-state index < -0.39 is 5.97 Å². The largest absolute Gasteiger partial charge is 0.476 e. The molecule has 0 spiro atoms. The Balaban J connectivity index is 2.11. The molecule has 0 saturated heterocycles. The van der Waals surface area contributed by atoms with E-state index in [1.807, 2.05) is 0 Å². The zero-order valence-electron chi connectivity index (χ0n) is 9.00. The number of carboxylic acids is 1. The molecule has 0 bridgehead atoms. The topological polar surface area (TPSA) is 111 Å². The number of hydrogen-bond donors (Lipinski definition) is 2. The van der Waals surface area contributed by atoms with Crippen LogP contribution in [0.2, 0.25) is 0 Å². The SMILES string of the molecule is Nc1nc(/C(=N/OC2CCCC2)C(=O)O)ns1. The smallest absolute Gasteiger partial charge is 0.362 e. The molecule has 0 unspecified atom stereocenters. The summed E-state index contributed by atoms with van der Waals surface area (Å²) in [6.45, 7) is 0. The van der Waals surface area contributed by atoms with Crippen molar-refractivity contribution in [1.82, 2.24) is 9.36 Å². The third-order valence-corrected chi connectivity index (χ3v) is 2.99. The van der Waals surface area contributed by atoms with Gasteiger partial charge in [-0.15, -0.1) is 0 Å². The van der Waals surface area contributed by atoms with Gasteiger partial charge in [0.2, 0.25) is 11.5 Å². The van der Waals surface area contributed by atoms with Gasteiger partial charge < -0.3 is 15.7 Å². The van der Waals surface area contributed by atoms with E-state index in [1.165, 1.54) is 0 Å². The molecule has 0 aliphatic heterocycles. The maximum Gasteiger partial charge on any atom is 0.362 e. The second kappa shape index (κ2) is 5.09. The van der Waals surface area contributed by atoms with E-state index >= 15 is 0 Å². The number of carboxylic acid groups (broad SMARTS) is 1. The van der Waals surface area contributed by atoms with Gasteiger partial charge in [0.25, 0.3) is 0 Å². The molecule has 0 radical (unpaired) electrons. The van der Waals surface area contributed by atoms with Crippen molar-refractivity contribution in [1.29, 1.82) is 0 Å². The van der Waals surface area contributed by atoms with E-state index in [2.05, 4.69) is 14.5 Å². The number of aliphatic carboxylic acids is 1. The average molecular weight is 256 g/mol. The van der Waals surface area contributed by atoms with Crippen LogP contribution in [0.25, 0.3) is 0 Å². The standard InChI is InChI=1S/C9H12N4O3S/c10-9-11-7(13-17-9)6(8(14)15)12-16-5-3-1-2-4-5/h5H,1-4H2,(H,14,15)(H2,10,11,13)/b12-6-. The summed E-state index contributed by atoms with van der Waals surface area (Å²) in [6, 6.07) is 0. The fourth-order valence-electron chi connectivity index (χ4n) is 1.63. The molecule has 1 saturated carbocycles. The van der Waals surface area contributed by atoms with Crippen LogP contribution in [-0.4, -0.2) is 32.2 Å². The van der Waals surface area contributed by atoms with E-state index in [4.69, 9.17) is 15.7 Å². The molecular formula is C9H12N4O3S. The Kier molecular flexibility index (Phi) is 3.52. The zero-order chi connectivity index (χ0) is 12.3. The predicted molar refractivity (Wildman–Crippen MR) is 61.8 cm³/mol. The van der Waals surface area contributed by atoms with Gasteiger partial charge >= 0.3 is 5.97 Å². The maximum absolute atomic E-state index is 11.0. The lowest BCUT2D eigenvalue weighted by Gasteiger charge is -2.06. The Bertz CT molecular complexity index is 439. The monoisotopic (exact) mass is 256 g/mol. The lowest BCUT2D eigenvalue weighted by Crippen LogP contribution is -2.18. The Labute approximate surface area is 101 Å². The highest BCUT2D eigenvalue weighted by atomic mass is 32.1. The molecule has 2 rings (SSSR count). The van der Waals surface area contributed by atoms with Crippen LogP contribution >= 0.6 is 11.5 Å². The first-order valence-corrected chi connectivity index (χ1v) is 6.01. The van der Waals surface area contributed by atoms with Crippen LogP contribution in [-0.2, 0) is 9.63 Å². The minimum atomic E-state index is -1.22. The number of aromatic nitrogens is 2. The molecule has 92 valence electrons. The summed E-state index contributed by atoms with van der Waals surface area (Å²) in [5.74, 6) is -1.22. The first kappa shape index (κ1) is 11.8. The van der Waals surface area contributed by atoms with Crippen molar-refractivity contribution in [2.75, 3.05) is 5.73 Å². The van der Waals surface area contributed by atoms with Gasteiger partial charge in [-0.25, -0.2) is 4.79 Å². The summed E-state index contributed by atoms with van der Waals surface area (Å²) >= 11 is 0.925. The average Bonchev–Trinajstić information content (AvgIpc) is 2.90. The van der Waals surface area contributed by atoms with E-state index in [0.717, 1.165) is 37.2 Å². The first-order valence-electron chi connectivity index (χ1n) is 5.23. The van der Waals surface area contributed by atoms with Crippen LogP contribution in [0.3, 0.4) is 0 Å². The number of carbonyl (C=O) groups is 1. The zero-order valence-corrected chi connectivity index (χ0v) is 9.81. The molecule has 8 heteroatoms. The van der Waals surface area contributed by atoms with Crippen LogP contribution in [0.1, 0.15) is 31.5 Å². The third kappa shape index (κ3) is 2.90. The van der Waals surface area contributed by atoms with Crippen LogP contribution < -0.4 is 5.73 Å². The third-order valence-electron chi connectivity index (χ3n) is 2.45. The normalized spacial score (nSPS) is 17.3. The molecule has 1 heterocycles. The first-order chi connectivity index (χ1) is 8.16. The maximum atomic E-state index is 11.0. The molecule has 1 aromatic rings. The molecule has 0 aromatic carbocycles. The minimum absolute atomic E-state index is 0.000308. The molecule has 17 heavy (non-hydrogen) atoms. The molecule has 1 fully saturated rings. The fraction of sp³-hybridized carbons (Fsp3) is 0.556. The second-order valence-corrected chi connectivity index (χ2v) is 4.50. The number of nitrogens with zero attached hydrogens (tertiary/aromatic N) is 3. The number of hydrogen-bond acceptors (Lipinski definition) is 7. The molecule has 0 amide bonds. The van der Waals surface area contributed by atoms with Crippen molar-refractivity contribution in [2.24, 2.45) is 5.16 Å². The quantitative estimate of drug-likeness (QED) is 0.610. The van der Waals surface area contributed by atoms with Crippen molar-refractivity contribution in [2.45, 2.75) is 31.8 Å². The van der Waals surface area contributed by atoms with Gasteiger partial charge in [0.05, 0.1) is 0 Å². The van der Waals surface area contributed by atoms with E-state index in [9.17, 15) is 4.79 Å². The molecule has 1 aliphatic carbocycles. The summed E-state index contributed by atoms with van der Waals surface area (Å²) in [6.07, 6.45) is 3.99. The Hall–Kier alpha value is -1.70. The predicted octanol–water partition coefficient (Wildman–Crippen LogP) is 0.868. The Morgan fingerprint density at radius 1 is 1.53 bits per heavy atom. The van der Waals surface area contributed by atoms with Crippen LogP contribution in [0.4, 0.5) is 5.13 Å². The van der Waals surface area contributed by atoms with Crippen molar-refractivity contribution in [3.05, 3.63) is 5.82 Å². The summed E-state index contributed by atoms with van der Waals surface area (Å²) < 4.78 is 3.80. The van der Waals surface area contributed by atoms with E-state index in [1.54, 1.807) is 0 Å². The molecule has 0 atom stereocenters. The highest BCUT2D eigenvalue weighted by Crippen LogP contribution is 2.21. The summed E-state index contributed by atoms with van der Waals surface area (Å²) in [4.78, 5) is 19.9. The highest BCUT2D eigenvalue weighted by molar-refractivity contribution is 7.09. The lowest BCUT2D eigenvalue weighted by molar-refractivity contribution is -0.129. The minimum Gasteiger partial charge on any atom is -0.476 e. The molecule has 7 nitrogen and oxygen atoms in total. The van der Waals surface area contributed by atoms with Crippen LogP contribution in [0, 0.1) is 0 Å². The van der Waals surface area contributed by atoms with Gasteiger partial charge in [0.1, 0.15) is 6.10 Å².